The van der Waals surface area contributed by atoms with Crippen molar-refractivity contribution in [1.29, 1.82) is 0 Å². The van der Waals surface area contributed by atoms with E-state index in [1.807, 2.05) is 7.05 Å². The zero-order chi connectivity index (χ0) is 14.7. The summed E-state index contributed by atoms with van der Waals surface area (Å²) >= 11 is 0. The first kappa shape index (κ1) is 15.1. The van der Waals surface area contributed by atoms with Crippen LogP contribution in [0, 0.1) is 17.8 Å². The molecule has 21 heavy (non-hydrogen) atoms. The maximum Gasteiger partial charge on any atom is 0.193 e. The third-order valence-electron chi connectivity index (χ3n) is 5.85. The highest BCUT2D eigenvalue weighted by atomic mass is 15.3. The summed E-state index contributed by atoms with van der Waals surface area (Å²) in [6, 6.07) is 0. The minimum Gasteiger partial charge on any atom is -0.356 e. The molecule has 2 saturated heterocycles. The van der Waals surface area contributed by atoms with Gasteiger partial charge < -0.3 is 15.1 Å². The number of hydrogen-bond donors (Lipinski definition) is 1. The molecule has 3 atom stereocenters. The molecule has 0 aromatic carbocycles. The monoisotopic (exact) mass is 292 g/mol. The summed E-state index contributed by atoms with van der Waals surface area (Å²) < 4.78 is 0. The first-order valence-corrected chi connectivity index (χ1v) is 8.98. The highest BCUT2D eigenvalue weighted by Gasteiger charge is 2.35. The van der Waals surface area contributed by atoms with Crippen LogP contribution in [0.25, 0.3) is 0 Å². The summed E-state index contributed by atoms with van der Waals surface area (Å²) in [6.07, 6.45) is 7.09. The second kappa shape index (κ2) is 6.99. The van der Waals surface area contributed by atoms with Crippen LogP contribution in [0.3, 0.4) is 0 Å². The Morgan fingerprint density at radius 1 is 1.10 bits per heavy atom. The fourth-order valence-corrected chi connectivity index (χ4v) is 4.51. The Labute approximate surface area is 130 Å². The summed E-state index contributed by atoms with van der Waals surface area (Å²) in [7, 11) is 1.94. The van der Waals surface area contributed by atoms with Gasteiger partial charge in [0.2, 0.25) is 0 Å². The van der Waals surface area contributed by atoms with Crippen molar-refractivity contribution in [1.82, 2.24) is 15.1 Å². The highest BCUT2D eigenvalue weighted by Crippen LogP contribution is 2.35. The number of rotatable bonds is 3. The number of aliphatic imine (C=N–C) groups is 1. The van der Waals surface area contributed by atoms with Crippen molar-refractivity contribution < 1.29 is 0 Å². The summed E-state index contributed by atoms with van der Waals surface area (Å²) in [5.41, 5.74) is 0. The molecule has 0 aromatic rings. The number of fused-ring (bicyclic) bond motifs is 1. The third-order valence-corrected chi connectivity index (χ3v) is 5.85. The molecule has 2 aliphatic heterocycles. The predicted molar refractivity (Wildman–Crippen MR) is 88.6 cm³/mol. The van der Waals surface area contributed by atoms with Crippen LogP contribution < -0.4 is 5.32 Å². The quantitative estimate of drug-likeness (QED) is 0.638. The van der Waals surface area contributed by atoms with Crippen molar-refractivity contribution in [3.05, 3.63) is 0 Å². The first-order valence-electron chi connectivity index (χ1n) is 8.98. The molecular weight excluding hydrogens is 260 g/mol. The topological polar surface area (TPSA) is 30.9 Å². The molecule has 3 rings (SSSR count). The molecule has 4 heteroatoms. The molecule has 0 aromatic heterocycles. The molecule has 3 fully saturated rings. The van der Waals surface area contributed by atoms with Crippen molar-refractivity contribution in [3.8, 4) is 0 Å². The van der Waals surface area contributed by atoms with Crippen molar-refractivity contribution in [2.75, 3.05) is 46.3 Å². The summed E-state index contributed by atoms with van der Waals surface area (Å²) in [5, 5.41) is 3.66. The van der Waals surface area contributed by atoms with Gasteiger partial charge >= 0.3 is 0 Å². The Bertz CT molecular complexity index is 354. The molecule has 2 heterocycles. The van der Waals surface area contributed by atoms with Gasteiger partial charge in [-0.25, -0.2) is 0 Å². The van der Waals surface area contributed by atoms with Crippen LogP contribution in [-0.2, 0) is 0 Å². The van der Waals surface area contributed by atoms with Crippen molar-refractivity contribution in [3.63, 3.8) is 0 Å². The number of hydrogen-bond acceptors (Lipinski definition) is 2. The van der Waals surface area contributed by atoms with Gasteiger partial charge in [-0.1, -0.05) is 19.8 Å². The molecule has 120 valence electrons. The standard InChI is InChI=1S/C17H32N4/c1-3-20-9-8-14(11-20)10-19-17(18-2)21-12-15-6-4-5-7-16(15)13-21/h14-16H,3-13H2,1-2H3,(H,18,19). The van der Waals surface area contributed by atoms with E-state index in [0.29, 0.717) is 0 Å². The summed E-state index contributed by atoms with van der Waals surface area (Å²) in [4.78, 5) is 9.62. The minimum atomic E-state index is 0.798. The number of nitrogens with one attached hydrogen (secondary N) is 1. The van der Waals surface area contributed by atoms with Gasteiger partial charge in [-0.2, -0.15) is 0 Å². The Morgan fingerprint density at radius 3 is 2.38 bits per heavy atom. The van der Waals surface area contributed by atoms with Crippen LogP contribution in [0.5, 0.6) is 0 Å². The normalized spacial score (nSPS) is 34.3. The van der Waals surface area contributed by atoms with E-state index in [1.54, 1.807) is 0 Å². The fourth-order valence-electron chi connectivity index (χ4n) is 4.51. The minimum absolute atomic E-state index is 0.798. The lowest BCUT2D eigenvalue weighted by molar-refractivity contribution is 0.299. The zero-order valence-electron chi connectivity index (χ0n) is 13.9. The van der Waals surface area contributed by atoms with E-state index in [-0.39, 0.29) is 0 Å². The molecule has 0 radical (unpaired) electrons. The molecule has 1 saturated carbocycles. The number of likely N-dealkylation sites (tertiary alicyclic amines) is 2. The van der Waals surface area contributed by atoms with Gasteiger partial charge in [0.25, 0.3) is 0 Å². The van der Waals surface area contributed by atoms with Crippen LogP contribution in [0.2, 0.25) is 0 Å². The molecule has 1 N–H and O–H groups in total. The van der Waals surface area contributed by atoms with Gasteiger partial charge in [-0.05, 0) is 50.1 Å². The molecule has 0 bridgehead atoms. The maximum atomic E-state index is 4.55. The van der Waals surface area contributed by atoms with Crippen molar-refractivity contribution >= 4 is 5.96 Å². The second-order valence-electron chi connectivity index (χ2n) is 7.19. The van der Waals surface area contributed by atoms with Gasteiger partial charge in [0.1, 0.15) is 0 Å². The fraction of sp³-hybridized carbons (Fsp3) is 0.941. The van der Waals surface area contributed by atoms with E-state index >= 15 is 0 Å². The Balaban J connectivity index is 1.47. The number of guanidine groups is 1. The smallest absolute Gasteiger partial charge is 0.193 e. The second-order valence-corrected chi connectivity index (χ2v) is 7.19. The molecule has 0 amide bonds. The summed E-state index contributed by atoms with van der Waals surface area (Å²) in [6.45, 7) is 9.55. The first-order chi connectivity index (χ1) is 10.3. The zero-order valence-corrected chi connectivity index (χ0v) is 13.9. The van der Waals surface area contributed by atoms with E-state index in [2.05, 4.69) is 27.0 Å². The maximum absolute atomic E-state index is 4.55. The van der Waals surface area contributed by atoms with Crippen molar-refractivity contribution in [2.45, 2.75) is 39.0 Å². The summed E-state index contributed by atoms with van der Waals surface area (Å²) in [5.74, 6) is 3.81. The van der Waals surface area contributed by atoms with E-state index in [0.717, 1.165) is 30.3 Å². The third kappa shape index (κ3) is 3.53. The number of nitrogens with zero attached hydrogens (tertiary/aromatic N) is 3. The Hall–Kier alpha value is -0.770. The Kier molecular flexibility index (Phi) is 5.04. The van der Waals surface area contributed by atoms with E-state index in [1.165, 1.54) is 64.8 Å². The van der Waals surface area contributed by atoms with E-state index in [4.69, 9.17) is 0 Å². The molecule has 0 spiro atoms. The molecule has 3 unspecified atom stereocenters. The van der Waals surface area contributed by atoms with Crippen LogP contribution in [0.1, 0.15) is 39.0 Å². The lowest BCUT2D eigenvalue weighted by Gasteiger charge is -2.23. The largest absolute Gasteiger partial charge is 0.356 e. The van der Waals surface area contributed by atoms with E-state index in [9.17, 15) is 0 Å². The SMILES string of the molecule is CCN1CCC(CNC(=NC)N2CC3CCCCC3C2)C1. The van der Waals surface area contributed by atoms with Crippen LogP contribution in [-0.4, -0.2) is 62.1 Å². The van der Waals surface area contributed by atoms with Crippen molar-refractivity contribution in [2.24, 2.45) is 22.7 Å². The van der Waals surface area contributed by atoms with Gasteiger partial charge in [-0.15, -0.1) is 0 Å². The predicted octanol–water partition coefficient (Wildman–Crippen LogP) is 2.03. The van der Waals surface area contributed by atoms with Gasteiger partial charge in [0, 0.05) is 33.2 Å². The molecule has 3 aliphatic rings. The van der Waals surface area contributed by atoms with E-state index < -0.39 is 0 Å². The highest BCUT2D eigenvalue weighted by molar-refractivity contribution is 5.80. The van der Waals surface area contributed by atoms with Crippen LogP contribution in [0.15, 0.2) is 4.99 Å². The van der Waals surface area contributed by atoms with Gasteiger partial charge in [0.05, 0.1) is 0 Å². The lowest BCUT2D eigenvalue weighted by Crippen LogP contribution is -2.42. The molecule has 1 aliphatic carbocycles. The van der Waals surface area contributed by atoms with Gasteiger partial charge in [-0.3, -0.25) is 4.99 Å². The van der Waals surface area contributed by atoms with Crippen LogP contribution in [0.4, 0.5) is 0 Å². The molecule has 4 nitrogen and oxygen atoms in total. The average molecular weight is 292 g/mol. The van der Waals surface area contributed by atoms with Gasteiger partial charge in [0.15, 0.2) is 5.96 Å². The Morgan fingerprint density at radius 2 is 1.81 bits per heavy atom. The average Bonchev–Trinajstić information content (AvgIpc) is 3.14. The molecular formula is C17H32N4. The van der Waals surface area contributed by atoms with Crippen LogP contribution >= 0.6 is 0 Å². The lowest BCUT2D eigenvalue weighted by atomic mass is 9.82.